The van der Waals surface area contributed by atoms with Gasteiger partial charge in [0, 0.05) is 36.6 Å². The summed E-state index contributed by atoms with van der Waals surface area (Å²) in [4.78, 5) is 16.2. The molecular formula is C19H23N3O2. The molecule has 1 aliphatic rings. The van der Waals surface area contributed by atoms with Gasteiger partial charge in [-0.2, -0.15) is 0 Å². The number of aromatic nitrogens is 1. The average molecular weight is 325 g/mol. The van der Waals surface area contributed by atoms with Crippen LogP contribution in [0.25, 0.3) is 0 Å². The second-order valence-corrected chi connectivity index (χ2v) is 6.13. The Morgan fingerprint density at radius 3 is 2.92 bits per heavy atom. The lowest BCUT2D eigenvalue weighted by molar-refractivity contribution is -0.0268. The highest BCUT2D eigenvalue weighted by Gasteiger charge is 2.27. The zero-order valence-corrected chi connectivity index (χ0v) is 13.9. The highest BCUT2D eigenvalue weighted by Crippen LogP contribution is 2.33. The van der Waals surface area contributed by atoms with Gasteiger partial charge in [-0.05, 0) is 37.5 Å². The van der Waals surface area contributed by atoms with E-state index in [-0.39, 0.29) is 18.1 Å². The Balaban J connectivity index is 1.57. The SMILES string of the molecule is Cc1cc(NC(=O)NC[C@H]2CCCO[C@H]2c2ccccc2)ccn1. The van der Waals surface area contributed by atoms with Crippen LogP contribution in [0.1, 0.15) is 30.2 Å². The van der Waals surface area contributed by atoms with Crippen LogP contribution in [0.3, 0.4) is 0 Å². The largest absolute Gasteiger partial charge is 0.373 e. The van der Waals surface area contributed by atoms with Gasteiger partial charge >= 0.3 is 6.03 Å². The molecule has 1 fully saturated rings. The van der Waals surface area contributed by atoms with Gasteiger partial charge in [0.25, 0.3) is 0 Å². The fourth-order valence-corrected chi connectivity index (χ4v) is 3.09. The first kappa shape index (κ1) is 16.5. The van der Waals surface area contributed by atoms with E-state index >= 15 is 0 Å². The van der Waals surface area contributed by atoms with Gasteiger partial charge in [0.1, 0.15) is 0 Å². The van der Waals surface area contributed by atoms with Crippen LogP contribution in [0.2, 0.25) is 0 Å². The smallest absolute Gasteiger partial charge is 0.319 e. The third-order valence-electron chi connectivity index (χ3n) is 4.25. The molecule has 1 aliphatic heterocycles. The fraction of sp³-hybridized carbons (Fsp3) is 0.368. The lowest BCUT2D eigenvalue weighted by Crippen LogP contribution is -2.37. The molecule has 1 aromatic heterocycles. The Kier molecular flexibility index (Phi) is 5.43. The van der Waals surface area contributed by atoms with Gasteiger partial charge in [0.2, 0.25) is 0 Å². The number of aryl methyl sites for hydroxylation is 1. The number of carbonyl (C=O) groups is 1. The molecule has 2 heterocycles. The summed E-state index contributed by atoms with van der Waals surface area (Å²) in [6, 6.07) is 13.7. The molecule has 2 atom stereocenters. The van der Waals surface area contributed by atoms with Crippen molar-refractivity contribution in [3.05, 3.63) is 59.9 Å². The van der Waals surface area contributed by atoms with E-state index in [9.17, 15) is 4.79 Å². The van der Waals surface area contributed by atoms with Crippen LogP contribution in [-0.2, 0) is 4.74 Å². The average Bonchev–Trinajstić information content (AvgIpc) is 2.61. The Morgan fingerprint density at radius 2 is 2.12 bits per heavy atom. The Bertz CT molecular complexity index is 675. The minimum Gasteiger partial charge on any atom is -0.373 e. The van der Waals surface area contributed by atoms with E-state index in [0.29, 0.717) is 6.54 Å². The summed E-state index contributed by atoms with van der Waals surface area (Å²) in [5.74, 6) is 0.283. The van der Waals surface area contributed by atoms with Crippen LogP contribution in [0, 0.1) is 12.8 Å². The van der Waals surface area contributed by atoms with E-state index in [1.54, 1.807) is 12.3 Å². The summed E-state index contributed by atoms with van der Waals surface area (Å²) in [5.41, 5.74) is 2.80. The maximum Gasteiger partial charge on any atom is 0.319 e. The van der Waals surface area contributed by atoms with Gasteiger partial charge in [-0.25, -0.2) is 4.79 Å². The van der Waals surface area contributed by atoms with Crippen molar-refractivity contribution in [3.63, 3.8) is 0 Å². The molecule has 2 amide bonds. The molecule has 5 heteroatoms. The predicted molar refractivity (Wildman–Crippen MR) is 93.9 cm³/mol. The van der Waals surface area contributed by atoms with Crippen molar-refractivity contribution >= 4 is 11.7 Å². The Labute approximate surface area is 142 Å². The first-order chi connectivity index (χ1) is 11.7. The number of carbonyl (C=O) groups excluding carboxylic acids is 1. The molecule has 24 heavy (non-hydrogen) atoms. The van der Waals surface area contributed by atoms with Gasteiger partial charge in [-0.3, -0.25) is 4.98 Å². The number of hydrogen-bond acceptors (Lipinski definition) is 3. The fourth-order valence-electron chi connectivity index (χ4n) is 3.09. The molecule has 0 radical (unpaired) electrons. The molecule has 126 valence electrons. The van der Waals surface area contributed by atoms with E-state index in [1.807, 2.05) is 31.2 Å². The van der Waals surface area contributed by atoms with Crippen LogP contribution in [0.4, 0.5) is 10.5 Å². The van der Waals surface area contributed by atoms with Crippen molar-refractivity contribution in [1.82, 2.24) is 10.3 Å². The molecule has 2 N–H and O–H groups in total. The van der Waals surface area contributed by atoms with Crippen LogP contribution >= 0.6 is 0 Å². The van der Waals surface area contributed by atoms with Crippen LogP contribution < -0.4 is 10.6 Å². The van der Waals surface area contributed by atoms with E-state index in [1.165, 1.54) is 5.56 Å². The second-order valence-electron chi connectivity index (χ2n) is 6.13. The second kappa shape index (κ2) is 7.93. The summed E-state index contributed by atoms with van der Waals surface area (Å²) < 4.78 is 5.96. The number of anilines is 1. The van der Waals surface area contributed by atoms with Crippen LogP contribution in [0.15, 0.2) is 48.7 Å². The number of ether oxygens (including phenoxy) is 1. The summed E-state index contributed by atoms with van der Waals surface area (Å²) in [7, 11) is 0. The predicted octanol–water partition coefficient (Wildman–Crippen LogP) is 3.68. The quantitative estimate of drug-likeness (QED) is 0.901. The topological polar surface area (TPSA) is 63.2 Å². The summed E-state index contributed by atoms with van der Waals surface area (Å²) in [6.07, 6.45) is 3.81. The molecule has 0 saturated carbocycles. The van der Waals surface area contributed by atoms with Gasteiger partial charge in [-0.1, -0.05) is 30.3 Å². The first-order valence-electron chi connectivity index (χ1n) is 8.36. The van der Waals surface area contributed by atoms with Crippen molar-refractivity contribution in [1.29, 1.82) is 0 Å². The van der Waals surface area contributed by atoms with Gasteiger partial charge in [0.05, 0.1) is 6.10 Å². The molecule has 1 aromatic carbocycles. The summed E-state index contributed by atoms with van der Waals surface area (Å²) >= 11 is 0. The van der Waals surface area contributed by atoms with Gasteiger partial charge < -0.3 is 15.4 Å². The molecule has 0 bridgehead atoms. The number of pyridine rings is 1. The summed E-state index contributed by atoms with van der Waals surface area (Å²) in [6.45, 7) is 3.26. The highest BCUT2D eigenvalue weighted by atomic mass is 16.5. The maximum atomic E-state index is 12.1. The molecule has 0 unspecified atom stereocenters. The van der Waals surface area contributed by atoms with Crippen molar-refractivity contribution in [3.8, 4) is 0 Å². The number of amides is 2. The van der Waals surface area contributed by atoms with Crippen LogP contribution in [-0.4, -0.2) is 24.2 Å². The molecular weight excluding hydrogens is 302 g/mol. The molecule has 5 nitrogen and oxygen atoms in total. The van der Waals surface area contributed by atoms with Gasteiger partial charge in [0.15, 0.2) is 0 Å². The van der Waals surface area contributed by atoms with Crippen molar-refractivity contribution in [2.24, 2.45) is 5.92 Å². The normalized spacial score (nSPS) is 20.4. The van der Waals surface area contributed by atoms with E-state index in [0.717, 1.165) is 30.8 Å². The van der Waals surface area contributed by atoms with E-state index in [2.05, 4.69) is 27.8 Å². The number of urea groups is 1. The number of nitrogens with zero attached hydrogens (tertiary/aromatic N) is 1. The Hall–Kier alpha value is -2.40. The lowest BCUT2D eigenvalue weighted by Gasteiger charge is -2.32. The molecule has 0 spiro atoms. The van der Waals surface area contributed by atoms with Crippen LogP contribution in [0.5, 0.6) is 0 Å². The van der Waals surface area contributed by atoms with Crippen molar-refractivity contribution < 1.29 is 9.53 Å². The van der Waals surface area contributed by atoms with Crippen molar-refractivity contribution in [2.45, 2.75) is 25.9 Å². The zero-order valence-electron chi connectivity index (χ0n) is 13.9. The summed E-state index contributed by atoms with van der Waals surface area (Å²) in [5, 5.41) is 5.82. The number of hydrogen-bond donors (Lipinski definition) is 2. The minimum atomic E-state index is -0.196. The zero-order chi connectivity index (χ0) is 16.8. The third-order valence-corrected chi connectivity index (χ3v) is 4.25. The maximum absolute atomic E-state index is 12.1. The molecule has 2 aromatic rings. The van der Waals surface area contributed by atoms with E-state index < -0.39 is 0 Å². The third kappa shape index (κ3) is 4.32. The van der Waals surface area contributed by atoms with Gasteiger partial charge in [-0.15, -0.1) is 0 Å². The van der Waals surface area contributed by atoms with Crippen molar-refractivity contribution in [2.75, 3.05) is 18.5 Å². The monoisotopic (exact) mass is 325 g/mol. The first-order valence-corrected chi connectivity index (χ1v) is 8.36. The molecule has 1 saturated heterocycles. The van der Waals surface area contributed by atoms with E-state index in [4.69, 9.17) is 4.74 Å². The number of nitrogens with one attached hydrogen (secondary N) is 2. The molecule has 0 aliphatic carbocycles. The minimum absolute atomic E-state index is 0.0448. The Morgan fingerprint density at radius 1 is 1.29 bits per heavy atom. The lowest BCUT2D eigenvalue weighted by atomic mass is 9.89. The number of benzene rings is 1. The highest BCUT2D eigenvalue weighted by molar-refractivity contribution is 5.89. The molecule has 3 rings (SSSR count). The standard InChI is InChI=1S/C19H23N3O2/c1-14-12-17(9-10-20-14)22-19(23)21-13-16-8-5-11-24-18(16)15-6-3-2-4-7-15/h2-4,6-7,9-10,12,16,18H,5,8,11,13H2,1H3,(H2,20,21,22,23)/t16-,18+/m1/s1. The number of rotatable bonds is 4.